The Balaban J connectivity index is 2.79. The van der Waals surface area contributed by atoms with Crippen LogP contribution in [0.25, 0.3) is 0 Å². The number of hydrogen-bond acceptors (Lipinski definition) is 3. The second-order valence-electron chi connectivity index (χ2n) is 3.05. The molecule has 0 aliphatic rings. The zero-order valence-electron chi connectivity index (χ0n) is 8.03. The molecule has 0 heterocycles. The minimum absolute atomic E-state index is 0.00407. The van der Waals surface area contributed by atoms with Crippen LogP contribution in [0.1, 0.15) is 18.5 Å². The Morgan fingerprint density at radius 2 is 2.29 bits per heavy atom. The maximum atomic E-state index is 8.68. The van der Waals surface area contributed by atoms with Crippen molar-refractivity contribution in [3.63, 3.8) is 0 Å². The Morgan fingerprint density at radius 1 is 1.57 bits per heavy atom. The molecule has 14 heavy (non-hydrogen) atoms. The zero-order chi connectivity index (χ0) is 10.6. The van der Waals surface area contributed by atoms with Gasteiger partial charge in [-0.1, -0.05) is 17.7 Å². The molecular formula is C10H14ClNOS. The SMILES string of the molecule is C[C@@H](N)c1ccc(SCCO)c(Cl)c1. The molecule has 0 aliphatic heterocycles. The normalized spacial score (nSPS) is 12.9. The van der Waals surface area contributed by atoms with Crippen molar-refractivity contribution in [3.05, 3.63) is 28.8 Å². The fourth-order valence-electron chi connectivity index (χ4n) is 1.07. The highest BCUT2D eigenvalue weighted by Crippen LogP contribution is 2.29. The van der Waals surface area contributed by atoms with Gasteiger partial charge in [-0.25, -0.2) is 0 Å². The van der Waals surface area contributed by atoms with Gasteiger partial charge < -0.3 is 10.8 Å². The first-order valence-electron chi connectivity index (χ1n) is 4.44. The summed E-state index contributed by atoms with van der Waals surface area (Å²) in [5, 5.41) is 9.38. The van der Waals surface area contributed by atoms with Crippen molar-refractivity contribution in [1.29, 1.82) is 0 Å². The lowest BCUT2D eigenvalue weighted by atomic mass is 10.1. The van der Waals surface area contributed by atoms with Crippen LogP contribution in [0.5, 0.6) is 0 Å². The molecule has 0 saturated heterocycles. The average molecular weight is 232 g/mol. The van der Waals surface area contributed by atoms with Crippen LogP contribution in [-0.2, 0) is 0 Å². The van der Waals surface area contributed by atoms with Crippen LogP contribution in [0, 0.1) is 0 Å². The Morgan fingerprint density at radius 3 is 2.79 bits per heavy atom. The molecule has 1 aromatic carbocycles. The first-order valence-corrected chi connectivity index (χ1v) is 5.80. The topological polar surface area (TPSA) is 46.2 Å². The molecule has 1 rings (SSSR count). The van der Waals surface area contributed by atoms with Crippen LogP contribution >= 0.6 is 23.4 Å². The molecule has 0 aromatic heterocycles. The quantitative estimate of drug-likeness (QED) is 0.783. The highest BCUT2D eigenvalue weighted by molar-refractivity contribution is 7.99. The van der Waals surface area contributed by atoms with Crippen molar-refractivity contribution in [2.45, 2.75) is 17.9 Å². The summed E-state index contributed by atoms with van der Waals surface area (Å²) in [6.45, 7) is 2.09. The number of hydrogen-bond donors (Lipinski definition) is 2. The molecule has 0 amide bonds. The molecule has 0 aliphatic carbocycles. The molecule has 2 nitrogen and oxygen atoms in total. The van der Waals surface area contributed by atoms with E-state index in [2.05, 4.69) is 0 Å². The minimum Gasteiger partial charge on any atom is -0.396 e. The molecule has 0 saturated carbocycles. The molecular weight excluding hydrogens is 218 g/mol. The molecule has 4 heteroatoms. The highest BCUT2D eigenvalue weighted by atomic mass is 35.5. The van der Waals surface area contributed by atoms with Gasteiger partial charge in [0.05, 0.1) is 11.6 Å². The van der Waals surface area contributed by atoms with Crippen LogP contribution in [0.3, 0.4) is 0 Å². The summed E-state index contributed by atoms with van der Waals surface area (Å²) in [5.74, 6) is 0.664. The van der Waals surface area contributed by atoms with E-state index in [0.29, 0.717) is 10.8 Å². The summed E-state index contributed by atoms with van der Waals surface area (Å²) in [7, 11) is 0. The third-order valence-corrected chi connectivity index (χ3v) is 3.31. The predicted octanol–water partition coefficient (Wildman–Crippen LogP) is 2.44. The van der Waals surface area contributed by atoms with E-state index in [9.17, 15) is 0 Å². The van der Waals surface area contributed by atoms with Gasteiger partial charge in [0.15, 0.2) is 0 Å². The lowest BCUT2D eigenvalue weighted by Crippen LogP contribution is -2.04. The van der Waals surface area contributed by atoms with Crippen molar-refractivity contribution in [2.75, 3.05) is 12.4 Å². The molecule has 0 bridgehead atoms. The van der Waals surface area contributed by atoms with Gasteiger partial charge in [-0.05, 0) is 24.6 Å². The van der Waals surface area contributed by atoms with Crippen LogP contribution in [0.4, 0.5) is 0 Å². The second-order valence-corrected chi connectivity index (χ2v) is 4.59. The Kier molecular flexibility index (Phi) is 4.75. The van der Waals surface area contributed by atoms with Gasteiger partial charge in [-0.2, -0.15) is 0 Å². The summed E-state index contributed by atoms with van der Waals surface area (Å²) in [6, 6.07) is 5.80. The van der Waals surface area contributed by atoms with Gasteiger partial charge in [0.25, 0.3) is 0 Å². The smallest absolute Gasteiger partial charge is 0.0545 e. The predicted molar refractivity (Wildman–Crippen MR) is 61.9 cm³/mol. The molecule has 0 spiro atoms. The van der Waals surface area contributed by atoms with Crippen molar-refractivity contribution in [2.24, 2.45) is 5.73 Å². The van der Waals surface area contributed by atoms with Crippen LogP contribution in [0.15, 0.2) is 23.1 Å². The first-order chi connectivity index (χ1) is 6.65. The van der Waals surface area contributed by atoms with Crippen molar-refractivity contribution >= 4 is 23.4 Å². The maximum Gasteiger partial charge on any atom is 0.0545 e. The third kappa shape index (κ3) is 3.17. The maximum absolute atomic E-state index is 8.68. The van der Waals surface area contributed by atoms with Crippen molar-refractivity contribution < 1.29 is 5.11 Å². The Hall–Kier alpha value is -0.220. The number of nitrogens with two attached hydrogens (primary N) is 1. The van der Waals surface area contributed by atoms with E-state index in [1.165, 1.54) is 0 Å². The van der Waals surface area contributed by atoms with E-state index >= 15 is 0 Å². The Bertz CT molecular complexity index is 304. The Labute approximate surface area is 93.5 Å². The molecule has 0 unspecified atom stereocenters. The van der Waals surface area contributed by atoms with E-state index in [-0.39, 0.29) is 12.6 Å². The van der Waals surface area contributed by atoms with Gasteiger partial charge in [0.1, 0.15) is 0 Å². The molecule has 1 atom stereocenters. The lowest BCUT2D eigenvalue weighted by molar-refractivity contribution is 0.322. The summed E-state index contributed by atoms with van der Waals surface area (Å²) < 4.78 is 0. The van der Waals surface area contributed by atoms with Crippen molar-refractivity contribution in [1.82, 2.24) is 0 Å². The van der Waals surface area contributed by atoms with E-state index in [1.54, 1.807) is 11.8 Å². The fraction of sp³-hybridized carbons (Fsp3) is 0.400. The second kappa shape index (κ2) is 5.61. The number of aliphatic hydroxyl groups excluding tert-OH is 1. The largest absolute Gasteiger partial charge is 0.396 e. The minimum atomic E-state index is 0.00407. The van der Waals surface area contributed by atoms with Gasteiger partial charge in [0.2, 0.25) is 0 Å². The number of halogens is 1. The molecule has 3 N–H and O–H groups in total. The van der Waals surface area contributed by atoms with E-state index in [0.717, 1.165) is 10.5 Å². The monoisotopic (exact) mass is 231 g/mol. The third-order valence-electron chi connectivity index (χ3n) is 1.83. The van der Waals surface area contributed by atoms with Gasteiger partial charge in [-0.3, -0.25) is 0 Å². The van der Waals surface area contributed by atoms with E-state index in [1.807, 2.05) is 25.1 Å². The molecule has 1 aromatic rings. The average Bonchev–Trinajstić information content (AvgIpc) is 2.15. The van der Waals surface area contributed by atoms with Gasteiger partial charge in [-0.15, -0.1) is 11.8 Å². The van der Waals surface area contributed by atoms with Crippen molar-refractivity contribution in [3.8, 4) is 0 Å². The molecule has 78 valence electrons. The highest BCUT2D eigenvalue weighted by Gasteiger charge is 2.04. The molecule has 0 radical (unpaired) electrons. The summed E-state index contributed by atoms with van der Waals surface area (Å²) in [6.07, 6.45) is 0. The van der Waals surface area contributed by atoms with E-state index < -0.39 is 0 Å². The number of aliphatic hydroxyl groups is 1. The van der Waals surface area contributed by atoms with Gasteiger partial charge in [0, 0.05) is 16.7 Å². The summed E-state index contributed by atoms with van der Waals surface area (Å²) in [4.78, 5) is 0.991. The summed E-state index contributed by atoms with van der Waals surface area (Å²) >= 11 is 7.60. The van der Waals surface area contributed by atoms with Gasteiger partial charge >= 0.3 is 0 Å². The number of thioether (sulfide) groups is 1. The van der Waals surface area contributed by atoms with E-state index in [4.69, 9.17) is 22.4 Å². The van der Waals surface area contributed by atoms with Crippen LogP contribution in [-0.4, -0.2) is 17.5 Å². The first kappa shape index (κ1) is 11.9. The lowest BCUT2D eigenvalue weighted by Gasteiger charge is -2.08. The molecule has 0 fully saturated rings. The van der Waals surface area contributed by atoms with Crippen LogP contribution < -0.4 is 5.73 Å². The number of benzene rings is 1. The fourth-order valence-corrected chi connectivity index (χ4v) is 2.10. The summed E-state index contributed by atoms with van der Waals surface area (Å²) in [5.41, 5.74) is 6.76. The number of rotatable bonds is 4. The zero-order valence-corrected chi connectivity index (χ0v) is 9.61. The van der Waals surface area contributed by atoms with Crippen LogP contribution in [0.2, 0.25) is 5.02 Å². The standard InChI is InChI=1S/C10H14ClNOS/c1-7(12)8-2-3-10(9(11)6-8)14-5-4-13/h2-3,6-7,13H,4-5,12H2,1H3/t7-/m1/s1.